The summed E-state index contributed by atoms with van der Waals surface area (Å²) in [5, 5.41) is 9.66. The lowest BCUT2D eigenvalue weighted by Gasteiger charge is -2.11. The average molecular weight is 309 g/mol. The van der Waals surface area contributed by atoms with Crippen LogP contribution in [0.5, 0.6) is 0 Å². The van der Waals surface area contributed by atoms with Gasteiger partial charge >= 0.3 is 0 Å². The third kappa shape index (κ3) is 4.83. The van der Waals surface area contributed by atoms with Gasteiger partial charge in [0.05, 0.1) is 0 Å². The zero-order valence-electron chi connectivity index (χ0n) is 13.2. The lowest BCUT2D eigenvalue weighted by atomic mass is 10.0. The van der Waals surface area contributed by atoms with Crippen LogP contribution in [0.2, 0.25) is 0 Å². The van der Waals surface area contributed by atoms with Crippen molar-refractivity contribution in [3.05, 3.63) is 54.6 Å². The molecule has 1 fully saturated rings. The van der Waals surface area contributed by atoms with E-state index >= 15 is 0 Å². The molecule has 1 aliphatic heterocycles. The monoisotopic (exact) mass is 309 g/mol. The molecule has 3 N–H and O–H groups in total. The molecule has 3 rings (SSSR count). The summed E-state index contributed by atoms with van der Waals surface area (Å²) in [7, 11) is 0. The van der Waals surface area contributed by atoms with E-state index in [1.165, 1.54) is 6.42 Å². The summed E-state index contributed by atoms with van der Waals surface area (Å²) in [4.78, 5) is 12.1. The third-order valence-electron chi connectivity index (χ3n) is 4.15. The molecule has 0 radical (unpaired) electrons. The average Bonchev–Trinajstić information content (AvgIpc) is 3.08. The molecule has 4 nitrogen and oxygen atoms in total. The Morgan fingerprint density at radius 1 is 1.04 bits per heavy atom. The van der Waals surface area contributed by atoms with Crippen LogP contribution >= 0.6 is 0 Å². The largest absolute Gasteiger partial charge is 0.355 e. The van der Waals surface area contributed by atoms with E-state index in [2.05, 4.69) is 16.0 Å². The van der Waals surface area contributed by atoms with Crippen LogP contribution in [-0.2, 0) is 4.79 Å². The highest BCUT2D eigenvalue weighted by Crippen LogP contribution is 2.20. The van der Waals surface area contributed by atoms with Crippen LogP contribution in [0.1, 0.15) is 19.3 Å². The topological polar surface area (TPSA) is 53.2 Å². The van der Waals surface area contributed by atoms with E-state index in [-0.39, 0.29) is 5.91 Å². The van der Waals surface area contributed by atoms with E-state index in [9.17, 15) is 4.79 Å². The predicted molar refractivity (Wildman–Crippen MR) is 95.0 cm³/mol. The molecule has 0 aliphatic carbocycles. The Bertz CT molecular complexity index is 636. The molecule has 4 heteroatoms. The van der Waals surface area contributed by atoms with Crippen molar-refractivity contribution in [2.24, 2.45) is 5.92 Å². The highest BCUT2D eigenvalue weighted by Gasteiger charge is 2.15. The Labute approximate surface area is 137 Å². The molecule has 1 saturated heterocycles. The van der Waals surface area contributed by atoms with Crippen molar-refractivity contribution in [1.29, 1.82) is 0 Å². The molecule has 1 heterocycles. The zero-order valence-corrected chi connectivity index (χ0v) is 13.2. The number of nitrogens with one attached hydrogen (secondary N) is 3. The zero-order chi connectivity index (χ0) is 15.9. The van der Waals surface area contributed by atoms with Gasteiger partial charge < -0.3 is 16.0 Å². The molecule has 0 aromatic heterocycles. The van der Waals surface area contributed by atoms with Gasteiger partial charge in [0.2, 0.25) is 5.91 Å². The molecule has 0 bridgehead atoms. The maximum atomic E-state index is 12.1. The lowest BCUT2D eigenvalue weighted by molar-refractivity contribution is -0.116. The lowest BCUT2D eigenvalue weighted by Crippen LogP contribution is -2.15. The molecular weight excluding hydrogens is 286 g/mol. The SMILES string of the molecule is O=C(CCC1CCNC1)Nc1cccc(Nc2ccccc2)c1. The molecule has 1 atom stereocenters. The Hall–Kier alpha value is -2.33. The normalized spacial score (nSPS) is 17.0. The minimum Gasteiger partial charge on any atom is -0.355 e. The number of rotatable bonds is 6. The maximum absolute atomic E-state index is 12.1. The third-order valence-corrected chi connectivity index (χ3v) is 4.15. The van der Waals surface area contributed by atoms with Crippen molar-refractivity contribution >= 4 is 23.0 Å². The minimum atomic E-state index is 0.0914. The summed E-state index contributed by atoms with van der Waals surface area (Å²) in [5.74, 6) is 0.737. The standard InChI is InChI=1S/C19H23N3O/c23-19(10-9-15-11-12-20-14-15)22-18-8-4-7-17(13-18)21-16-5-2-1-3-6-16/h1-8,13,15,20-21H,9-12,14H2,(H,22,23). The highest BCUT2D eigenvalue weighted by atomic mass is 16.1. The Kier molecular flexibility index (Phi) is 5.27. The maximum Gasteiger partial charge on any atom is 0.224 e. The van der Waals surface area contributed by atoms with Gasteiger partial charge in [-0.3, -0.25) is 4.79 Å². The molecule has 23 heavy (non-hydrogen) atoms. The summed E-state index contributed by atoms with van der Waals surface area (Å²) < 4.78 is 0. The van der Waals surface area contributed by atoms with Crippen LogP contribution < -0.4 is 16.0 Å². The van der Waals surface area contributed by atoms with E-state index in [1.807, 2.05) is 54.6 Å². The summed E-state index contributed by atoms with van der Waals surface area (Å²) in [5.41, 5.74) is 2.83. The summed E-state index contributed by atoms with van der Waals surface area (Å²) >= 11 is 0. The van der Waals surface area contributed by atoms with Crippen molar-refractivity contribution in [3.63, 3.8) is 0 Å². The van der Waals surface area contributed by atoms with Crippen molar-refractivity contribution in [1.82, 2.24) is 5.32 Å². The van der Waals surface area contributed by atoms with Gasteiger partial charge in [-0.2, -0.15) is 0 Å². The van der Waals surface area contributed by atoms with Gasteiger partial charge in [0, 0.05) is 23.5 Å². The van der Waals surface area contributed by atoms with Crippen molar-refractivity contribution in [2.45, 2.75) is 19.3 Å². The van der Waals surface area contributed by atoms with Crippen LogP contribution in [0.4, 0.5) is 17.1 Å². The first-order valence-electron chi connectivity index (χ1n) is 8.22. The summed E-state index contributed by atoms with van der Waals surface area (Å²) in [6.07, 6.45) is 2.73. The first kappa shape index (κ1) is 15.6. The van der Waals surface area contributed by atoms with Gasteiger partial charge in [-0.15, -0.1) is 0 Å². The number of anilines is 3. The number of amides is 1. The van der Waals surface area contributed by atoms with Crippen LogP contribution in [0.25, 0.3) is 0 Å². The fourth-order valence-corrected chi connectivity index (χ4v) is 2.88. The van der Waals surface area contributed by atoms with Crippen molar-refractivity contribution in [3.8, 4) is 0 Å². The van der Waals surface area contributed by atoms with Gasteiger partial charge in [0.15, 0.2) is 0 Å². The van der Waals surface area contributed by atoms with Crippen molar-refractivity contribution < 1.29 is 4.79 Å². The Balaban J connectivity index is 1.53. The first-order chi connectivity index (χ1) is 11.3. The molecule has 2 aromatic rings. The summed E-state index contributed by atoms with van der Waals surface area (Å²) in [6, 6.07) is 17.8. The summed E-state index contributed by atoms with van der Waals surface area (Å²) in [6.45, 7) is 2.13. The van der Waals surface area contributed by atoms with Gasteiger partial charge in [-0.25, -0.2) is 0 Å². The van der Waals surface area contributed by atoms with Crippen LogP contribution in [0, 0.1) is 5.92 Å². The first-order valence-corrected chi connectivity index (χ1v) is 8.22. The van der Waals surface area contributed by atoms with E-state index in [0.29, 0.717) is 12.3 Å². The number of benzene rings is 2. The van der Waals surface area contributed by atoms with Gasteiger partial charge in [0.25, 0.3) is 0 Å². The van der Waals surface area contributed by atoms with E-state index in [0.717, 1.165) is 36.6 Å². The molecule has 0 saturated carbocycles. The van der Waals surface area contributed by atoms with Gasteiger partial charge in [-0.05, 0) is 62.2 Å². The number of carbonyl (C=O) groups excluding carboxylic acids is 1. The quantitative estimate of drug-likeness (QED) is 0.761. The number of hydrogen-bond donors (Lipinski definition) is 3. The Morgan fingerprint density at radius 2 is 1.83 bits per heavy atom. The molecule has 0 spiro atoms. The molecule has 120 valence electrons. The van der Waals surface area contributed by atoms with E-state index in [4.69, 9.17) is 0 Å². The van der Waals surface area contributed by atoms with Crippen LogP contribution in [-0.4, -0.2) is 19.0 Å². The Morgan fingerprint density at radius 3 is 2.61 bits per heavy atom. The second-order valence-corrected chi connectivity index (χ2v) is 6.02. The van der Waals surface area contributed by atoms with Crippen LogP contribution in [0.3, 0.4) is 0 Å². The number of para-hydroxylation sites is 1. The highest BCUT2D eigenvalue weighted by molar-refractivity contribution is 5.91. The number of hydrogen-bond acceptors (Lipinski definition) is 3. The molecule has 2 aromatic carbocycles. The molecule has 1 unspecified atom stereocenters. The van der Waals surface area contributed by atoms with Gasteiger partial charge in [0.1, 0.15) is 0 Å². The fraction of sp³-hybridized carbons (Fsp3) is 0.316. The second-order valence-electron chi connectivity index (χ2n) is 6.02. The smallest absolute Gasteiger partial charge is 0.224 e. The molecular formula is C19H23N3O. The van der Waals surface area contributed by atoms with E-state index < -0.39 is 0 Å². The van der Waals surface area contributed by atoms with Crippen LogP contribution in [0.15, 0.2) is 54.6 Å². The second kappa shape index (κ2) is 7.79. The molecule has 1 amide bonds. The van der Waals surface area contributed by atoms with Gasteiger partial charge in [-0.1, -0.05) is 24.3 Å². The fourth-order valence-electron chi connectivity index (χ4n) is 2.88. The van der Waals surface area contributed by atoms with Crippen molar-refractivity contribution in [2.75, 3.05) is 23.7 Å². The number of carbonyl (C=O) groups is 1. The minimum absolute atomic E-state index is 0.0914. The molecule has 1 aliphatic rings. The van der Waals surface area contributed by atoms with E-state index in [1.54, 1.807) is 0 Å². The predicted octanol–water partition coefficient (Wildman–Crippen LogP) is 3.76.